The second kappa shape index (κ2) is 8.04. The minimum absolute atomic E-state index is 0.0150. The van der Waals surface area contributed by atoms with Gasteiger partial charge in [0.2, 0.25) is 0 Å². The molecule has 3 rings (SSSR count). The first-order valence-electron chi connectivity index (χ1n) is 8.28. The molecule has 2 fully saturated rings. The average Bonchev–Trinajstić information content (AvgIpc) is 2.63. The van der Waals surface area contributed by atoms with Gasteiger partial charge < -0.3 is 15.0 Å². The molecular weight excluding hydrogens is 310 g/mol. The third-order valence-electron chi connectivity index (χ3n) is 4.57. The molecule has 2 heterocycles. The Morgan fingerprint density at radius 3 is 2.91 bits per heavy atom. The van der Waals surface area contributed by atoms with E-state index in [1.807, 2.05) is 29.4 Å². The number of amides is 2. The predicted molar refractivity (Wildman–Crippen MR) is 94.2 cm³/mol. The molecule has 23 heavy (non-hydrogen) atoms. The molecule has 1 aromatic rings. The lowest BCUT2D eigenvalue weighted by molar-refractivity contribution is 0.00248. The largest absolute Gasteiger partial charge is 0.379 e. The second-order valence-corrected chi connectivity index (χ2v) is 6.93. The van der Waals surface area contributed by atoms with Gasteiger partial charge in [0.25, 0.3) is 0 Å². The average molecular weight is 335 g/mol. The number of nitrogens with one attached hydrogen (secondary N) is 1. The van der Waals surface area contributed by atoms with Gasteiger partial charge in [-0.1, -0.05) is 6.07 Å². The van der Waals surface area contributed by atoms with Crippen LogP contribution in [0.15, 0.2) is 29.2 Å². The van der Waals surface area contributed by atoms with Crippen LogP contribution < -0.4 is 5.32 Å². The van der Waals surface area contributed by atoms with E-state index in [0.717, 1.165) is 56.4 Å². The molecule has 126 valence electrons. The summed E-state index contributed by atoms with van der Waals surface area (Å²) in [5, 5.41) is 3.04. The van der Waals surface area contributed by atoms with E-state index in [9.17, 15) is 4.79 Å². The van der Waals surface area contributed by atoms with Gasteiger partial charge in [-0.3, -0.25) is 4.90 Å². The number of ether oxygens (including phenoxy) is 1. The molecule has 0 aromatic heterocycles. The first-order valence-corrected chi connectivity index (χ1v) is 9.50. The van der Waals surface area contributed by atoms with E-state index >= 15 is 0 Å². The number of morpholine rings is 1. The Kier molecular flexibility index (Phi) is 5.80. The van der Waals surface area contributed by atoms with Crippen LogP contribution in [-0.2, 0) is 4.74 Å². The van der Waals surface area contributed by atoms with Gasteiger partial charge in [-0.05, 0) is 37.3 Å². The van der Waals surface area contributed by atoms with E-state index < -0.39 is 0 Å². The molecule has 0 radical (unpaired) electrons. The Balaban J connectivity index is 1.57. The van der Waals surface area contributed by atoms with Crippen LogP contribution in [0.3, 0.4) is 0 Å². The molecular formula is C17H25N3O2S. The molecule has 2 aliphatic heterocycles. The maximum atomic E-state index is 12.6. The van der Waals surface area contributed by atoms with Crippen molar-refractivity contribution in [1.82, 2.24) is 9.80 Å². The molecule has 1 atom stereocenters. The number of rotatable bonds is 3. The third-order valence-corrected chi connectivity index (χ3v) is 5.29. The Labute approximate surface area is 142 Å². The minimum atomic E-state index is 0.0150. The first-order chi connectivity index (χ1) is 11.3. The van der Waals surface area contributed by atoms with Crippen molar-refractivity contribution < 1.29 is 9.53 Å². The zero-order valence-electron chi connectivity index (χ0n) is 13.7. The standard InChI is InChI=1S/C17H25N3O2S/c1-23-16-6-2-4-14(12-16)18-17(21)20-7-3-5-15(13-20)19-8-10-22-11-9-19/h2,4,6,12,15H,3,5,7-11,13H2,1H3,(H,18,21). The molecule has 0 aliphatic carbocycles. The fraction of sp³-hybridized carbons (Fsp3) is 0.588. The van der Waals surface area contributed by atoms with Gasteiger partial charge in [-0.2, -0.15) is 0 Å². The number of hydrogen-bond donors (Lipinski definition) is 1. The molecule has 2 saturated heterocycles. The predicted octanol–water partition coefficient (Wildman–Crippen LogP) is 2.74. The SMILES string of the molecule is CSc1cccc(NC(=O)N2CCCC(N3CCOCC3)C2)c1. The fourth-order valence-electron chi connectivity index (χ4n) is 3.28. The summed E-state index contributed by atoms with van der Waals surface area (Å²) in [5.74, 6) is 0. The van der Waals surface area contributed by atoms with Crippen LogP contribution in [0.1, 0.15) is 12.8 Å². The molecule has 6 heteroatoms. The summed E-state index contributed by atoms with van der Waals surface area (Å²) in [6, 6.07) is 8.48. The minimum Gasteiger partial charge on any atom is -0.379 e. The number of benzene rings is 1. The summed E-state index contributed by atoms with van der Waals surface area (Å²) in [5.41, 5.74) is 0.871. The van der Waals surface area contributed by atoms with E-state index in [1.165, 1.54) is 6.42 Å². The molecule has 2 amide bonds. The third kappa shape index (κ3) is 4.40. The molecule has 0 bridgehead atoms. The lowest BCUT2D eigenvalue weighted by Crippen LogP contribution is -2.53. The van der Waals surface area contributed by atoms with Crippen LogP contribution >= 0.6 is 11.8 Å². The maximum absolute atomic E-state index is 12.6. The van der Waals surface area contributed by atoms with Gasteiger partial charge in [0.15, 0.2) is 0 Å². The Hall–Kier alpha value is -1.24. The van der Waals surface area contributed by atoms with Gasteiger partial charge in [-0.25, -0.2) is 4.79 Å². The summed E-state index contributed by atoms with van der Waals surface area (Å²) in [7, 11) is 0. The Morgan fingerprint density at radius 1 is 1.30 bits per heavy atom. The Morgan fingerprint density at radius 2 is 2.13 bits per heavy atom. The lowest BCUT2D eigenvalue weighted by Gasteiger charge is -2.40. The van der Waals surface area contributed by atoms with E-state index in [-0.39, 0.29) is 6.03 Å². The number of nitrogens with zero attached hydrogens (tertiary/aromatic N) is 2. The first kappa shape index (κ1) is 16.6. The van der Waals surface area contributed by atoms with Gasteiger partial charge in [0.05, 0.1) is 13.2 Å². The smallest absolute Gasteiger partial charge is 0.321 e. The van der Waals surface area contributed by atoms with Crippen molar-refractivity contribution in [3.8, 4) is 0 Å². The molecule has 2 aliphatic rings. The topological polar surface area (TPSA) is 44.8 Å². The number of piperidine rings is 1. The van der Waals surface area contributed by atoms with Gasteiger partial charge in [0, 0.05) is 42.8 Å². The molecule has 5 nitrogen and oxygen atoms in total. The van der Waals surface area contributed by atoms with Crippen molar-refractivity contribution in [3.63, 3.8) is 0 Å². The Bertz CT molecular complexity index is 534. The zero-order chi connectivity index (χ0) is 16.1. The normalized spacial score (nSPS) is 22.8. The number of carbonyl (C=O) groups is 1. The number of anilines is 1. The van der Waals surface area contributed by atoms with Crippen molar-refractivity contribution >= 4 is 23.5 Å². The van der Waals surface area contributed by atoms with Crippen molar-refractivity contribution in [2.75, 3.05) is 51.0 Å². The van der Waals surface area contributed by atoms with Crippen LogP contribution in [0.2, 0.25) is 0 Å². The van der Waals surface area contributed by atoms with Crippen LogP contribution in [0.5, 0.6) is 0 Å². The van der Waals surface area contributed by atoms with Crippen molar-refractivity contribution in [2.24, 2.45) is 0 Å². The van der Waals surface area contributed by atoms with E-state index in [0.29, 0.717) is 6.04 Å². The summed E-state index contributed by atoms with van der Waals surface area (Å²) < 4.78 is 5.43. The highest BCUT2D eigenvalue weighted by Gasteiger charge is 2.28. The van der Waals surface area contributed by atoms with Crippen LogP contribution in [0.4, 0.5) is 10.5 Å². The number of hydrogen-bond acceptors (Lipinski definition) is 4. The fourth-order valence-corrected chi connectivity index (χ4v) is 3.74. The zero-order valence-corrected chi connectivity index (χ0v) is 14.5. The molecule has 0 spiro atoms. The number of likely N-dealkylation sites (tertiary alicyclic amines) is 1. The summed E-state index contributed by atoms with van der Waals surface area (Å²) in [4.78, 5) is 18.1. The van der Waals surface area contributed by atoms with Gasteiger partial charge in [0.1, 0.15) is 0 Å². The van der Waals surface area contributed by atoms with Crippen LogP contribution in [-0.4, -0.2) is 67.5 Å². The van der Waals surface area contributed by atoms with Crippen molar-refractivity contribution in [2.45, 2.75) is 23.8 Å². The van der Waals surface area contributed by atoms with E-state index in [1.54, 1.807) is 11.8 Å². The van der Waals surface area contributed by atoms with E-state index in [4.69, 9.17) is 4.74 Å². The van der Waals surface area contributed by atoms with Crippen LogP contribution in [0.25, 0.3) is 0 Å². The van der Waals surface area contributed by atoms with Gasteiger partial charge in [-0.15, -0.1) is 11.8 Å². The monoisotopic (exact) mass is 335 g/mol. The van der Waals surface area contributed by atoms with Crippen LogP contribution in [0, 0.1) is 0 Å². The number of carbonyl (C=O) groups excluding carboxylic acids is 1. The lowest BCUT2D eigenvalue weighted by atomic mass is 10.0. The van der Waals surface area contributed by atoms with Gasteiger partial charge >= 0.3 is 6.03 Å². The molecule has 0 saturated carbocycles. The summed E-state index contributed by atoms with van der Waals surface area (Å²) >= 11 is 1.68. The van der Waals surface area contributed by atoms with Crippen molar-refractivity contribution in [1.29, 1.82) is 0 Å². The molecule has 1 aromatic carbocycles. The molecule has 1 N–H and O–H groups in total. The maximum Gasteiger partial charge on any atom is 0.321 e. The number of thioether (sulfide) groups is 1. The second-order valence-electron chi connectivity index (χ2n) is 6.05. The van der Waals surface area contributed by atoms with Crippen molar-refractivity contribution in [3.05, 3.63) is 24.3 Å². The quantitative estimate of drug-likeness (QED) is 0.863. The summed E-state index contributed by atoms with van der Waals surface area (Å²) in [6.07, 6.45) is 4.28. The highest BCUT2D eigenvalue weighted by molar-refractivity contribution is 7.98. The van der Waals surface area contributed by atoms with E-state index in [2.05, 4.69) is 16.3 Å². The molecule has 1 unspecified atom stereocenters. The summed E-state index contributed by atoms with van der Waals surface area (Å²) in [6.45, 7) is 5.24. The number of urea groups is 1. The highest BCUT2D eigenvalue weighted by Crippen LogP contribution is 2.21. The highest BCUT2D eigenvalue weighted by atomic mass is 32.2.